The highest BCUT2D eigenvalue weighted by atomic mass is 35.5. The SMILES string of the molecule is CCCCN(CC)c1cccc(C(=O)O)c1N(C)C.Cl. The third-order valence-corrected chi connectivity index (χ3v) is 3.20. The van der Waals surface area contributed by atoms with Crippen LogP contribution in [-0.2, 0) is 0 Å². The Morgan fingerprint density at radius 1 is 1.25 bits per heavy atom. The number of aromatic carboxylic acids is 1. The lowest BCUT2D eigenvalue weighted by molar-refractivity contribution is 0.0697. The van der Waals surface area contributed by atoms with E-state index in [-0.39, 0.29) is 12.4 Å². The summed E-state index contributed by atoms with van der Waals surface area (Å²) in [6.07, 6.45) is 2.24. The average Bonchev–Trinajstić information content (AvgIpc) is 2.38. The van der Waals surface area contributed by atoms with Crippen molar-refractivity contribution in [3.63, 3.8) is 0 Å². The maximum Gasteiger partial charge on any atom is 0.337 e. The number of anilines is 2. The number of carboxylic acids is 1. The van der Waals surface area contributed by atoms with E-state index in [0.29, 0.717) is 5.56 Å². The molecule has 0 fully saturated rings. The molecule has 1 aromatic rings. The molecule has 0 bridgehead atoms. The van der Waals surface area contributed by atoms with Crippen LogP contribution in [0.4, 0.5) is 11.4 Å². The molecule has 1 rings (SSSR count). The molecule has 0 aromatic heterocycles. The second-order valence-corrected chi connectivity index (χ2v) is 4.81. The van der Waals surface area contributed by atoms with Gasteiger partial charge in [0, 0.05) is 27.2 Å². The summed E-state index contributed by atoms with van der Waals surface area (Å²) in [6.45, 7) is 6.09. The highest BCUT2D eigenvalue weighted by Crippen LogP contribution is 2.32. The fraction of sp³-hybridized carbons (Fsp3) is 0.533. The summed E-state index contributed by atoms with van der Waals surface area (Å²) in [7, 11) is 3.78. The smallest absolute Gasteiger partial charge is 0.337 e. The van der Waals surface area contributed by atoms with Crippen molar-refractivity contribution in [1.29, 1.82) is 0 Å². The molecular formula is C15H25ClN2O2. The summed E-state index contributed by atoms with van der Waals surface area (Å²) in [5.41, 5.74) is 2.14. The van der Waals surface area contributed by atoms with Crippen molar-refractivity contribution in [3.8, 4) is 0 Å². The summed E-state index contributed by atoms with van der Waals surface area (Å²) >= 11 is 0. The summed E-state index contributed by atoms with van der Waals surface area (Å²) in [5.74, 6) is -0.878. The van der Waals surface area contributed by atoms with Crippen LogP contribution >= 0.6 is 12.4 Å². The van der Waals surface area contributed by atoms with Gasteiger partial charge in [-0.15, -0.1) is 12.4 Å². The van der Waals surface area contributed by atoms with Crippen LogP contribution in [0, 0.1) is 0 Å². The van der Waals surface area contributed by atoms with E-state index in [9.17, 15) is 9.90 Å². The Hall–Kier alpha value is -1.42. The van der Waals surface area contributed by atoms with Crippen LogP contribution in [0.3, 0.4) is 0 Å². The molecule has 5 heteroatoms. The molecule has 20 heavy (non-hydrogen) atoms. The molecule has 114 valence electrons. The molecule has 0 saturated heterocycles. The first-order chi connectivity index (χ1) is 9.02. The number of halogens is 1. The van der Waals surface area contributed by atoms with Crippen molar-refractivity contribution in [2.75, 3.05) is 37.0 Å². The first-order valence-corrected chi connectivity index (χ1v) is 6.81. The third-order valence-electron chi connectivity index (χ3n) is 3.20. The van der Waals surface area contributed by atoms with Crippen LogP contribution in [-0.4, -0.2) is 38.3 Å². The van der Waals surface area contributed by atoms with E-state index in [4.69, 9.17) is 0 Å². The van der Waals surface area contributed by atoms with Gasteiger partial charge in [0.05, 0.1) is 16.9 Å². The lowest BCUT2D eigenvalue weighted by atomic mass is 10.1. The minimum absolute atomic E-state index is 0. The van der Waals surface area contributed by atoms with E-state index < -0.39 is 5.97 Å². The lowest BCUT2D eigenvalue weighted by Gasteiger charge is -2.29. The first-order valence-electron chi connectivity index (χ1n) is 6.81. The van der Waals surface area contributed by atoms with Gasteiger partial charge < -0.3 is 14.9 Å². The molecule has 0 radical (unpaired) electrons. The molecule has 1 aromatic carbocycles. The summed E-state index contributed by atoms with van der Waals surface area (Å²) in [5, 5.41) is 9.32. The topological polar surface area (TPSA) is 43.8 Å². The molecule has 0 atom stereocenters. The van der Waals surface area contributed by atoms with E-state index in [1.165, 1.54) is 0 Å². The zero-order valence-electron chi connectivity index (χ0n) is 12.7. The predicted molar refractivity (Wildman–Crippen MR) is 87.8 cm³/mol. The van der Waals surface area contributed by atoms with Gasteiger partial charge in [0.1, 0.15) is 0 Å². The van der Waals surface area contributed by atoms with Gasteiger partial charge in [0.25, 0.3) is 0 Å². The van der Waals surface area contributed by atoms with Gasteiger partial charge in [0.2, 0.25) is 0 Å². The molecule has 0 heterocycles. The van der Waals surface area contributed by atoms with Crippen molar-refractivity contribution in [2.24, 2.45) is 0 Å². The maximum absolute atomic E-state index is 11.4. The standard InChI is InChI=1S/C15H24N2O2.ClH/c1-5-7-11-17(6-2)13-10-8-9-12(15(18)19)14(13)16(3)4;/h8-10H,5-7,11H2,1-4H3,(H,18,19);1H. The van der Waals surface area contributed by atoms with Gasteiger partial charge in [-0.25, -0.2) is 4.79 Å². The molecule has 0 unspecified atom stereocenters. The van der Waals surface area contributed by atoms with Crippen LogP contribution in [0.5, 0.6) is 0 Å². The molecule has 0 spiro atoms. The Kier molecular flexibility index (Phi) is 8.07. The van der Waals surface area contributed by atoms with E-state index in [2.05, 4.69) is 18.7 Å². The Morgan fingerprint density at radius 2 is 1.90 bits per heavy atom. The normalized spacial score (nSPS) is 9.80. The number of hydrogen-bond donors (Lipinski definition) is 1. The Balaban J connectivity index is 0.00000361. The first kappa shape index (κ1) is 18.6. The van der Waals surface area contributed by atoms with Gasteiger partial charge in [-0.1, -0.05) is 19.4 Å². The number of rotatable bonds is 7. The van der Waals surface area contributed by atoms with Crippen molar-refractivity contribution in [3.05, 3.63) is 23.8 Å². The Labute approximate surface area is 127 Å². The van der Waals surface area contributed by atoms with Crippen molar-refractivity contribution in [1.82, 2.24) is 0 Å². The van der Waals surface area contributed by atoms with Crippen molar-refractivity contribution < 1.29 is 9.90 Å². The van der Waals surface area contributed by atoms with Crippen LogP contribution < -0.4 is 9.80 Å². The fourth-order valence-corrected chi connectivity index (χ4v) is 2.23. The molecule has 0 aliphatic rings. The number of para-hydroxylation sites is 1. The van der Waals surface area contributed by atoms with E-state index in [1.54, 1.807) is 6.07 Å². The van der Waals surface area contributed by atoms with E-state index >= 15 is 0 Å². The van der Waals surface area contributed by atoms with Gasteiger partial charge in [-0.2, -0.15) is 0 Å². The largest absolute Gasteiger partial charge is 0.478 e. The predicted octanol–water partition coefficient (Wildman–Crippen LogP) is 3.50. The van der Waals surface area contributed by atoms with Gasteiger partial charge >= 0.3 is 5.97 Å². The Morgan fingerprint density at radius 3 is 2.35 bits per heavy atom. The third kappa shape index (κ3) is 4.30. The second-order valence-electron chi connectivity index (χ2n) is 4.81. The van der Waals surface area contributed by atoms with Gasteiger partial charge in [-0.3, -0.25) is 0 Å². The molecule has 0 aliphatic heterocycles. The number of carbonyl (C=O) groups is 1. The summed E-state index contributed by atoms with van der Waals surface area (Å²) in [6, 6.07) is 5.48. The molecular weight excluding hydrogens is 276 g/mol. The molecule has 4 nitrogen and oxygen atoms in total. The zero-order valence-corrected chi connectivity index (χ0v) is 13.5. The quantitative estimate of drug-likeness (QED) is 0.837. The van der Waals surface area contributed by atoms with Crippen LogP contribution in [0.25, 0.3) is 0 Å². The van der Waals surface area contributed by atoms with Crippen LogP contribution in [0.2, 0.25) is 0 Å². The number of hydrogen-bond acceptors (Lipinski definition) is 3. The van der Waals surface area contributed by atoms with Crippen LogP contribution in [0.15, 0.2) is 18.2 Å². The monoisotopic (exact) mass is 300 g/mol. The minimum Gasteiger partial charge on any atom is -0.478 e. The summed E-state index contributed by atoms with van der Waals surface area (Å²) < 4.78 is 0. The van der Waals surface area contributed by atoms with Crippen molar-refractivity contribution >= 4 is 29.8 Å². The Bertz CT molecular complexity index is 436. The highest BCUT2D eigenvalue weighted by Gasteiger charge is 2.18. The number of benzene rings is 1. The average molecular weight is 301 g/mol. The van der Waals surface area contributed by atoms with Crippen LogP contribution in [0.1, 0.15) is 37.0 Å². The lowest BCUT2D eigenvalue weighted by Crippen LogP contribution is -2.27. The number of carboxylic acid groups (broad SMARTS) is 1. The number of unbranched alkanes of at least 4 members (excludes halogenated alkanes) is 1. The number of nitrogens with zero attached hydrogens (tertiary/aromatic N) is 2. The maximum atomic E-state index is 11.4. The molecule has 0 saturated carbocycles. The fourth-order valence-electron chi connectivity index (χ4n) is 2.23. The second kappa shape index (κ2) is 8.69. The van der Waals surface area contributed by atoms with E-state index in [1.807, 2.05) is 31.1 Å². The molecule has 1 N–H and O–H groups in total. The zero-order chi connectivity index (χ0) is 14.4. The van der Waals surface area contributed by atoms with Gasteiger partial charge in [0.15, 0.2) is 0 Å². The van der Waals surface area contributed by atoms with Crippen molar-refractivity contribution in [2.45, 2.75) is 26.7 Å². The molecule has 0 amide bonds. The highest BCUT2D eigenvalue weighted by molar-refractivity contribution is 5.98. The minimum atomic E-state index is -0.878. The molecule has 0 aliphatic carbocycles. The van der Waals surface area contributed by atoms with Gasteiger partial charge in [-0.05, 0) is 25.5 Å². The van der Waals surface area contributed by atoms with E-state index in [0.717, 1.165) is 37.3 Å². The summed E-state index contributed by atoms with van der Waals surface area (Å²) in [4.78, 5) is 15.5.